The first-order valence-corrected chi connectivity index (χ1v) is 4.46. The van der Waals surface area contributed by atoms with Gasteiger partial charge in [0.2, 0.25) is 0 Å². The lowest BCUT2D eigenvalue weighted by Crippen LogP contribution is -2.37. The normalized spacial score (nSPS) is 23.5. The van der Waals surface area contributed by atoms with Crippen LogP contribution in [0.25, 0.3) is 0 Å². The molecule has 0 aromatic rings. The Morgan fingerprint density at radius 1 is 1.09 bits per heavy atom. The van der Waals surface area contributed by atoms with E-state index in [1.54, 1.807) is 0 Å². The van der Waals surface area contributed by atoms with Crippen molar-refractivity contribution in [3.05, 3.63) is 0 Å². The maximum Gasteiger partial charge on any atom is 0.157 e. The Labute approximate surface area is 68.2 Å². The van der Waals surface area contributed by atoms with Gasteiger partial charge in [-0.25, -0.2) is 0 Å². The first-order chi connectivity index (χ1) is 5.09. The molecule has 0 amide bonds. The van der Waals surface area contributed by atoms with Gasteiger partial charge in [0.1, 0.15) is 0 Å². The predicted molar refractivity (Wildman–Crippen MR) is 44.0 cm³/mol. The Balaban J connectivity index is 2.70. The lowest BCUT2D eigenvalue weighted by atomic mass is 9.75. The van der Waals surface area contributed by atoms with Crippen molar-refractivity contribution in [3.8, 4) is 0 Å². The number of rotatable bonds is 2. The highest BCUT2D eigenvalue weighted by molar-refractivity contribution is 4.88. The minimum Gasteiger partial charge on any atom is -0.368 e. The van der Waals surface area contributed by atoms with Gasteiger partial charge in [-0.15, -0.1) is 0 Å². The minimum absolute atomic E-state index is 0.194. The molecule has 0 atom stereocenters. The summed E-state index contributed by atoms with van der Waals surface area (Å²) in [6.45, 7) is 4.15. The third kappa shape index (κ3) is 1.42. The van der Waals surface area contributed by atoms with Gasteiger partial charge < -0.3 is 10.2 Å². The molecule has 0 unspecified atom stereocenters. The number of aliphatic hydroxyl groups excluding tert-OH is 1. The topological polar surface area (TPSA) is 40.5 Å². The van der Waals surface area contributed by atoms with E-state index < -0.39 is 6.29 Å². The van der Waals surface area contributed by atoms with Crippen molar-refractivity contribution < 1.29 is 10.2 Å². The molecule has 0 radical (unpaired) electrons. The van der Waals surface area contributed by atoms with Gasteiger partial charge in [0.05, 0.1) is 0 Å². The summed E-state index contributed by atoms with van der Waals surface area (Å²) in [5.74, 6) is 0.380. The molecule has 0 saturated heterocycles. The molecular formula is C9H18O2. The summed E-state index contributed by atoms with van der Waals surface area (Å²) in [4.78, 5) is 0. The average Bonchev–Trinajstić information content (AvgIpc) is 2.34. The summed E-state index contributed by atoms with van der Waals surface area (Å²) in [5.41, 5.74) is -0.194. The van der Waals surface area contributed by atoms with E-state index in [1.807, 2.05) is 0 Å². The van der Waals surface area contributed by atoms with E-state index in [1.165, 1.54) is 0 Å². The Hall–Kier alpha value is -0.0800. The minimum atomic E-state index is -1.12. The van der Waals surface area contributed by atoms with Gasteiger partial charge >= 0.3 is 0 Å². The van der Waals surface area contributed by atoms with E-state index in [-0.39, 0.29) is 5.41 Å². The summed E-state index contributed by atoms with van der Waals surface area (Å²) in [7, 11) is 0. The van der Waals surface area contributed by atoms with Gasteiger partial charge in [-0.05, 0) is 18.8 Å². The van der Waals surface area contributed by atoms with Crippen LogP contribution in [0.4, 0.5) is 0 Å². The zero-order valence-corrected chi connectivity index (χ0v) is 7.38. The fourth-order valence-corrected chi connectivity index (χ4v) is 2.17. The maximum atomic E-state index is 9.23. The first-order valence-electron chi connectivity index (χ1n) is 4.46. The zero-order chi connectivity index (χ0) is 8.48. The first kappa shape index (κ1) is 9.01. The monoisotopic (exact) mass is 158 g/mol. The molecular weight excluding hydrogens is 140 g/mol. The second-order valence-electron chi connectivity index (χ2n) is 3.97. The molecule has 1 fully saturated rings. The largest absolute Gasteiger partial charge is 0.368 e. The Bertz CT molecular complexity index is 114. The van der Waals surface area contributed by atoms with E-state index in [9.17, 15) is 10.2 Å². The Morgan fingerprint density at radius 3 is 1.73 bits per heavy atom. The van der Waals surface area contributed by atoms with Crippen molar-refractivity contribution in [2.45, 2.75) is 45.8 Å². The zero-order valence-electron chi connectivity index (χ0n) is 7.38. The van der Waals surface area contributed by atoms with Crippen molar-refractivity contribution in [2.24, 2.45) is 11.3 Å². The second-order valence-corrected chi connectivity index (χ2v) is 3.97. The van der Waals surface area contributed by atoms with Gasteiger partial charge in [-0.3, -0.25) is 0 Å². The highest BCUT2D eigenvalue weighted by Gasteiger charge is 2.42. The molecule has 11 heavy (non-hydrogen) atoms. The summed E-state index contributed by atoms with van der Waals surface area (Å²) in [6, 6.07) is 0. The van der Waals surface area contributed by atoms with Crippen LogP contribution in [-0.2, 0) is 0 Å². The quantitative estimate of drug-likeness (QED) is 0.598. The highest BCUT2D eigenvalue weighted by Crippen LogP contribution is 2.46. The van der Waals surface area contributed by atoms with E-state index in [2.05, 4.69) is 13.8 Å². The van der Waals surface area contributed by atoms with Crippen LogP contribution in [0, 0.1) is 11.3 Å². The molecule has 0 spiro atoms. The van der Waals surface area contributed by atoms with Crippen LogP contribution in [0.1, 0.15) is 39.5 Å². The lowest BCUT2D eigenvalue weighted by molar-refractivity contribution is -0.151. The molecule has 2 nitrogen and oxygen atoms in total. The highest BCUT2D eigenvalue weighted by atomic mass is 16.5. The molecule has 0 bridgehead atoms. The second kappa shape index (κ2) is 3.11. The molecule has 1 aliphatic rings. The predicted octanol–water partition coefficient (Wildman–Crippen LogP) is 1.51. The molecule has 2 heteroatoms. The lowest BCUT2D eigenvalue weighted by Gasteiger charge is -2.34. The number of aliphatic hydroxyl groups is 2. The van der Waals surface area contributed by atoms with Crippen molar-refractivity contribution >= 4 is 0 Å². The van der Waals surface area contributed by atoms with Gasteiger partial charge in [0.25, 0.3) is 0 Å². The van der Waals surface area contributed by atoms with Crippen LogP contribution in [-0.4, -0.2) is 16.5 Å². The van der Waals surface area contributed by atoms with Crippen molar-refractivity contribution in [1.29, 1.82) is 0 Å². The van der Waals surface area contributed by atoms with Crippen molar-refractivity contribution in [3.63, 3.8) is 0 Å². The van der Waals surface area contributed by atoms with Crippen LogP contribution < -0.4 is 0 Å². The van der Waals surface area contributed by atoms with Crippen molar-refractivity contribution in [2.75, 3.05) is 0 Å². The van der Waals surface area contributed by atoms with Crippen LogP contribution in [0.3, 0.4) is 0 Å². The Kier molecular flexibility index (Phi) is 2.55. The molecule has 1 rings (SSSR count). The van der Waals surface area contributed by atoms with Crippen LogP contribution in [0.2, 0.25) is 0 Å². The molecule has 0 heterocycles. The van der Waals surface area contributed by atoms with Crippen LogP contribution in [0.15, 0.2) is 0 Å². The molecule has 66 valence electrons. The molecule has 1 aliphatic carbocycles. The molecule has 2 N–H and O–H groups in total. The fraction of sp³-hybridized carbons (Fsp3) is 1.00. The SMILES string of the molecule is CC(C)C1(C(O)O)CCCC1. The molecule has 1 saturated carbocycles. The van der Waals surface area contributed by atoms with E-state index in [0.717, 1.165) is 25.7 Å². The standard InChI is InChI=1S/C9H18O2/c1-7(2)9(8(10)11)5-3-4-6-9/h7-8,10-11H,3-6H2,1-2H3. The Morgan fingerprint density at radius 2 is 1.55 bits per heavy atom. The maximum absolute atomic E-state index is 9.23. The van der Waals surface area contributed by atoms with Crippen molar-refractivity contribution in [1.82, 2.24) is 0 Å². The van der Waals surface area contributed by atoms with Crippen LogP contribution >= 0.6 is 0 Å². The van der Waals surface area contributed by atoms with Gasteiger partial charge in [-0.1, -0.05) is 26.7 Å². The molecule has 0 aliphatic heterocycles. The molecule has 0 aromatic carbocycles. The summed E-state index contributed by atoms with van der Waals surface area (Å²) >= 11 is 0. The summed E-state index contributed by atoms with van der Waals surface area (Å²) in [6.07, 6.45) is 3.13. The van der Waals surface area contributed by atoms with Crippen LogP contribution in [0.5, 0.6) is 0 Å². The third-order valence-electron chi connectivity index (χ3n) is 3.20. The van der Waals surface area contributed by atoms with E-state index in [0.29, 0.717) is 5.92 Å². The van der Waals surface area contributed by atoms with Gasteiger partial charge in [0.15, 0.2) is 6.29 Å². The third-order valence-corrected chi connectivity index (χ3v) is 3.20. The molecule has 0 aromatic heterocycles. The summed E-state index contributed by atoms with van der Waals surface area (Å²) < 4.78 is 0. The number of hydrogen-bond acceptors (Lipinski definition) is 2. The fourth-order valence-electron chi connectivity index (χ4n) is 2.17. The van der Waals surface area contributed by atoms with E-state index in [4.69, 9.17) is 0 Å². The summed E-state index contributed by atoms with van der Waals surface area (Å²) in [5, 5.41) is 18.5. The van der Waals surface area contributed by atoms with Gasteiger partial charge in [0, 0.05) is 5.41 Å². The van der Waals surface area contributed by atoms with E-state index >= 15 is 0 Å². The smallest absolute Gasteiger partial charge is 0.157 e. The van der Waals surface area contributed by atoms with Gasteiger partial charge in [-0.2, -0.15) is 0 Å². The average molecular weight is 158 g/mol. The number of hydrogen-bond donors (Lipinski definition) is 2.